The summed E-state index contributed by atoms with van der Waals surface area (Å²) in [7, 11) is -1.95. The van der Waals surface area contributed by atoms with Gasteiger partial charge in [0.05, 0.1) is 22.1 Å². The fourth-order valence-corrected chi connectivity index (χ4v) is 9.21. The van der Waals surface area contributed by atoms with Crippen LogP contribution in [-0.2, 0) is 0 Å². The van der Waals surface area contributed by atoms with E-state index in [2.05, 4.69) is 78.1 Å². The van der Waals surface area contributed by atoms with Crippen LogP contribution in [0.25, 0.3) is 0 Å². The second kappa shape index (κ2) is 12.0. The lowest BCUT2D eigenvalue weighted by Crippen LogP contribution is -2.33. The van der Waals surface area contributed by atoms with Gasteiger partial charge in [0.1, 0.15) is 33.9 Å². The summed E-state index contributed by atoms with van der Waals surface area (Å²) < 4.78 is 0. The van der Waals surface area contributed by atoms with Gasteiger partial charge >= 0.3 is 0 Å². The average Bonchev–Trinajstić information content (AvgIpc) is 2.92. The summed E-state index contributed by atoms with van der Waals surface area (Å²) in [5.41, 5.74) is -0.672. The summed E-state index contributed by atoms with van der Waals surface area (Å²) in [5.74, 6) is 0. The third-order valence-electron chi connectivity index (χ3n) is 6.29. The van der Waals surface area contributed by atoms with E-state index >= 15 is 0 Å². The lowest BCUT2D eigenvalue weighted by atomic mass is 10.2. The molecule has 0 spiro atoms. The van der Waals surface area contributed by atoms with Gasteiger partial charge in [0, 0.05) is 6.54 Å². The minimum atomic E-state index is -1.95. The van der Waals surface area contributed by atoms with Gasteiger partial charge in [-0.1, -0.05) is 66.2 Å². The highest BCUT2D eigenvalue weighted by molar-refractivity contribution is 7.95. The Kier molecular flexibility index (Phi) is 8.49. The van der Waals surface area contributed by atoms with Crippen LogP contribution in [0.5, 0.6) is 0 Å². The normalized spacial score (nSPS) is 11.2. The van der Waals surface area contributed by atoms with E-state index < -0.39 is 22.8 Å². The first-order chi connectivity index (χ1) is 17.9. The topological polar surface area (TPSA) is 98.3 Å². The maximum Gasteiger partial charge on any atom is 0.299 e. The van der Waals surface area contributed by atoms with Crippen molar-refractivity contribution < 1.29 is 9.85 Å². The van der Waals surface area contributed by atoms with Crippen LogP contribution in [0.4, 0.5) is 17.1 Å². The Morgan fingerprint density at radius 3 is 1.57 bits per heavy atom. The molecule has 0 aliphatic heterocycles. The predicted molar refractivity (Wildman–Crippen MR) is 152 cm³/mol. The first kappa shape index (κ1) is 26.3. The Labute approximate surface area is 220 Å². The number of halogens is 1. The summed E-state index contributed by atoms with van der Waals surface area (Å²) in [4.78, 5) is 21.3. The van der Waals surface area contributed by atoms with E-state index in [1.165, 1.54) is 22.0 Å². The van der Waals surface area contributed by atoms with Crippen LogP contribution in [0.1, 0.15) is 12.8 Å². The van der Waals surface area contributed by atoms with E-state index in [1.54, 1.807) is 0 Å². The molecule has 0 saturated carbocycles. The van der Waals surface area contributed by atoms with E-state index in [4.69, 9.17) is 11.6 Å². The molecule has 4 aromatic carbocycles. The Hall–Kier alpha value is -3.80. The fraction of sp³-hybridized carbons (Fsp3) is 0.143. The largest absolute Gasteiger partial charge is 0.379 e. The number of rotatable bonds is 11. The predicted octanol–water partition coefficient (Wildman–Crippen LogP) is 6.34. The van der Waals surface area contributed by atoms with Crippen molar-refractivity contribution in [3.05, 3.63) is 128 Å². The summed E-state index contributed by atoms with van der Waals surface area (Å²) in [6.45, 7) is 0.466. The second-order valence-corrected chi connectivity index (χ2v) is 12.5. The number of hydrogen-bond acceptors (Lipinski definition) is 5. The molecule has 0 atom stereocenters. The Balaban J connectivity index is 1.58. The van der Waals surface area contributed by atoms with E-state index in [1.807, 2.05) is 18.2 Å². The molecular formula is C28H26ClN3O4P+. The lowest BCUT2D eigenvalue weighted by molar-refractivity contribution is -0.393. The average molecular weight is 535 g/mol. The van der Waals surface area contributed by atoms with E-state index in [0.717, 1.165) is 25.1 Å². The number of anilines is 1. The van der Waals surface area contributed by atoms with Crippen molar-refractivity contribution >= 4 is 51.8 Å². The van der Waals surface area contributed by atoms with Crippen molar-refractivity contribution in [2.45, 2.75) is 12.8 Å². The summed E-state index contributed by atoms with van der Waals surface area (Å²) in [6, 6.07) is 33.9. The van der Waals surface area contributed by atoms with Crippen molar-refractivity contribution in [2.75, 3.05) is 18.0 Å². The SMILES string of the molecule is O=[N+]([O-])c1cc([N+](=O)[O-])c(NCCCC[P+](c2ccccc2)(c2ccccc2)c2ccccc2)cc1Cl. The van der Waals surface area contributed by atoms with Gasteiger partial charge in [-0.05, 0) is 55.3 Å². The highest BCUT2D eigenvalue weighted by Crippen LogP contribution is 2.55. The molecule has 0 aliphatic rings. The molecule has 4 aromatic rings. The number of nitro benzene ring substituents is 2. The van der Waals surface area contributed by atoms with Crippen LogP contribution in [0.2, 0.25) is 5.02 Å². The molecule has 37 heavy (non-hydrogen) atoms. The molecule has 0 bridgehead atoms. The molecule has 4 rings (SSSR count). The summed E-state index contributed by atoms with van der Waals surface area (Å²) in [6.07, 6.45) is 2.55. The second-order valence-electron chi connectivity index (χ2n) is 8.51. The Morgan fingerprint density at radius 2 is 1.14 bits per heavy atom. The van der Waals surface area contributed by atoms with Gasteiger partial charge in [-0.2, -0.15) is 0 Å². The Morgan fingerprint density at radius 1 is 0.676 bits per heavy atom. The van der Waals surface area contributed by atoms with Gasteiger partial charge in [-0.25, -0.2) is 0 Å². The zero-order valence-electron chi connectivity index (χ0n) is 20.0. The fourth-order valence-electron chi connectivity index (χ4n) is 4.56. The molecule has 0 radical (unpaired) electrons. The van der Waals surface area contributed by atoms with Gasteiger partial charge in [0.15, 0.2) is 0 Å². The molecule has 0 fully saturated rings. The van der Waals surface area contributed by atoms with Gasteiger partial charge < -0.3 is 5.32 Å². The molecule has 0 heterocycles. The van der Waals surface area contributed by atoms with Crippen LogP contribution >= 0.6 is 18.9 Å². The molecule has 1 N–H and O–H groups in total. The summed E-state index contributed by atoms with van der Waals surface area (Å²) in [5, 5.41) is 29.5. The van der Waals surface area contributed by atoms with Gasteiger partial charge in [0.25, 0.3) is 11.4 Å². The Bertz CT molecular complexity index is 1280. The standard InChI is InChI=1S/C28H26ClN3O4P/c29-25-20-26(28(32(35)36)21-27(25)31(33)34)30-18-10-11-19-37(22-12-4-1-5-13-22,23-14-6-2-7-15-23)24-16-8-3-9-17-24/h1-9,12-17,20-21,30H,10-11,18-19H2/q+1. The van der Waals surface area contributed by atoms with Crippen molar-refractivity contribution in [2.24, 2.45) is 0 Å². The van der Waals surface area contributed by atoms with Crippen molar-refractivity contribution in [1.82, 2.24) is 0 Å². The van der Waals surface area contributed by atoms with Crippen molar-refractivity contribution in [1.29, 1.82) is 0 Å². The van der Waals surface area contributed by atoms with Crippen LogP contribution < -0.4 is 21.2 Å². The van der Waals surface area contributed by atoms with Crippen molar-refractivity contribution in [3.63, 3.8) is 0 Å². The molecule has 7 nitrogen and oxygen atoms in total. The number of hydrogen-bond donors (Lipinski definition) is 1. The number of unbranched alkanes of at least 4 members (excludes halogenated alkanes) is 1. The van der Waals surface area contributed by atoms with Gasteiger partial charge in [-0.15, -0.1) is 0 Å². The molecule has 0 amide bonds. The molecule has 0 aromatic heterocycles. The minimum absolute atomic E-state index is 0.139. The highest BCUT2D eigenvalue weighted by atomic mass is 35.5. The first-order valence-electron chi connectivity index (χ1n) is 11.8. The molecule has 188 valence electrons. The molecule has 0 aliphatic carbocycles. The number of nitrogens with zero attached hydrogens (tertiary/aromatic N) is 2. The zero-order chi connectivity index (χ0) is 26.3. The maximum atomic E-state index is 11.5. The third kappa shape index (κ3) is 5.79. The highest BCUT2D eigenvalue weighted by Gasteiger charge is 2.44. The van der Waals surface area contributed by atoms with Crippen molar-refractivity contribution in [3.8, 4) is 0 Å². The van der Waals surface area contributed by atoms with Crippen LogP contribution in [0.3, 0.4) is 0 Å². The number of nitrogens with one attached hydrogen (secondary N) is 1. The van der Waals surface area contributed by atoms with Crippen LogP contribution in [0.15, 0.2) is 103 Å². The number of nitro groups is 2. The maximum absolute atomic E-state index is 11.5. The molecule has 9 heteroatoms. The zero-order valence-corrected chi connectivity index (χ0v) is 21.6. The molecular weight excluding hydrogens is 509 g/mol. The summed E-state index contributed by atoms with van der Waals surface area (Å²) >= 11 is 6.00. The quantitative estimate of drug-likeness (QED) is 0.105. The number of benzene rings is 4. The monoisotopic (exact) mass is 534 g/mol. The third-order valence-corrected chi connectivity index (χ3v) is 11.1. The van der Waals surface area contributed by atoms with E-state index in [0.29, 0.717) is 6.54 Å². The first-order valence-corrected chi connectivity index (χ1v) is 14.2. The lowest BCUT2D eigenvalue weighted by Gasteiger charge is -2.27. The van der Waals surface area contributed by atoms with Crippen LogP contribution in [0, 0.1) is 20.2 Å². The minimum Gasteiger partial charge on any atom is -0.379 e. The van der Waals surface area contributed by atoms with E-state index in [9.17, 15) is 20.2 Å². The molecule has 0 saturated heterocycles. The molecule has 0 unspecified atom stereocenters. The van der Waals surface area contributed by atoms with E-state index in [-0.39, 0.29) is 16.4 Å². The van der Waals surface area contributed by atoms with Gasteiger partial charge in [0.2, 0.25) is 0 Å². The van der Waals surface area contributed by atoms with Crippen LogP contribution in [-0.4, -0.2) is 22.6 Å². The van der Waals surface area contributed by atoms with Gasteiger partial charge in [-0.3, -0.25) is 20.2 Å². The smallest absolute Gasteiger partial charge is 0.299 e.